The molecule has 1 heterocycles. The molecule has 4 heteroatoms. The van der Waals surface area contributed by atoms with Gasteiger partial charge in [0.1, 0.15) is 5.82 Å². The van der Waals surface area contributed by atoms with Crippen LogP contribution < -0.4 is 5.32 Å². The molecule has 1 atom stereocenters. The van der Waals surface area contributed by atoms with E-state index in [0.717, 1.165) is 23.0 Å². The average Bonchev–Trinajstić information content (AvgIpc) is 2.86. The second-order valence-electron chi connectivity index (χ2n) is 5.75. The quantitative estimate of drug-likeness (QED) is 0.691. The first-order valence-corrected chi connectivity index (χ1v) is 8.86. The highest BCUT2D eigenvalue weighted by Crippen LogP contribution is 2.41. The van der Waals surface area contributed by atoms with E-state index in [1.807, 2.05) is 12.1 Å². The Kier molecular flexibility index (Phi) is 5.58. The molecule has 0 aliphatic rings. The second kappa shape index (κ2) is 7.03. The summed E-state index contributed by atoms with van der Waals surface area (Å²) >= 11 is 5.40. The van der Waals surface area contributed by atoms with Crippen LogP contribution in [0.2, 0.25) is 0 Å². The second-order valence-corrected chi connectivity index (χ2v) is 7.55. The lowest BCUT2D eigenvalue weighted by molar-refractivity contribution is 0.352. The van der Waals surface area contributed by atoms with Crippen molar-refractivity contribution < 1.29 is 4.39 Å². The minimum atomic E-state index is -0.190. The molecule has 0 aliphatic heterocycles. The van der Waals surface area contributed by atoms with E-state index in [1.165, 1.54) is 17.0 Å². The lowest BCUT2D eigenvalue weighted by atomic mass is 9.77. The molecule has 1 unspecified atom stereocenters. The molecule has 1 N–H and O–H groups in total. The summed E-state index contributed by atoms with van der Waals surface area (Å²) in [5.74, 6) is -0.190. The molecule has 2 aromatic rings. The lowest BCUT2D eigenvalue weighted by Gasteiger charge is -2.35. The third kappa shape index (κ3) is 3.74. The third-order valence-corrected chi connectivity index (χ3v) is 5.75. The van der Waals surface area contributed by atoms with Gasteiger partial charge >= 0.3 is 0 Å². The van der Waals surface area contributed by atoms with Gasteiger partial charge in [-0.2, -0.15) is 0 Å². The van der Waals surface area contributed by atoms with Crippen molar-refractivity contribution in [2.45, 2.75) is 38.6 Å². The van der Waals surface area contributed by atoms with Crippen LogP contribution in [0.4, 0.5) is 4.39 Å². The first kappa shape index (κ1) is 16.7. The van der Waals surface area contributed by atoms with E-state index in [9.17, 15) is 4.39 Å². The molecular weight excluding hydrogens is 349 g/mol. The summed E-state index contributed by atoms with van der Waals surface area (Å²) in [6, 6.07) is 9.13. The molecule has 1 aromatic carbocycles. The van der Waals surface area contributed by atoms with Gasteiger partial charge in [0.2, 0.25) is 0 Å². The lowest BCUT2D eigenvalue weighted by Crippen LogP contribution is -2.37. The van der Waals surface area contributed by atoms with Crippen LogP contribution in [0.5, 0.6) is 0 Å². The van der Waals surface area contributed by atoms with Gasteiger partial charge in [0.15, 0.2) is 0 Å². The molecule has 0 saturated carbocycles. The van der Waals surface area contributed by atoms with E-state index in [4.69, 9.17) is 0 Å². The Morgan fingerprint density at radius 2 is 1.90 bits per heavy atom. The van der Waals surface area contributed by atoms with Gasteiger partial charge in [0.25, 0.3) is 0 Å². The van der Waals surface area contributed by atoms with Gasteiger partial charge in [0, 0.05) is 14.8 Å². The van der Waals surface area contributed by atoms with Crippen LogP contribution >= 0.6 is 27.3 Å². The highest BCUT2D eigenvalue weighted by atomic mass is 79.9. The summed E-state index contributed by atoms with van der Waals surface area (Å²) in [7, 11) is 0. The highest BCUT2D eigenvalue weighted by Gasteiger charge is 2.34. The van der Waals surface area contributed by atoms with Crippen molar-refractivity contribution >= 4 is 27.3 Å². The Bertz CT molecular complexity index is 577. The molecule has 21 heavy (non-hydrogen) atoms. The number of hydrogen-bond donors (Lipinski definition) is 1. The third-order valence-electron chi connectivity index (χ3n) is 3.82. The summed E-state index contributed by atoms with van der Waals surface area (Å²) in [4.78, 5) is 1.29. The Morgan fingerprint density at radius 1 is 1.24 bits per heavy atom. The molecule has 0 spiro atoms. The summed E-state index contributed by atoms with van der Waals surface area (Å²) in [6.07, 6.45) is 1.08. The topological polar surface area (TPSA) is 12.0 Å². The molecule has 0 fully saturated rings. The SMILES string of the molecule is CCCNC(c1sccc1Br)C(C)(C)c1ccc(F)cc1. The van der Waals surface area contributed by atoms with E-state index in [1.54, 1.807) is 11.3 Å². The predicted molar refractivity (Wildman–Crippen MR) is 92.5 cm³/mol. The van der Waals surface area contributed by atoms with Crippen molar-refractivity contribution in [2.24, 2.45) is 0 Å². The zero-order chi connectivity index (χ0) is 15.5. The van der Waals surface area contributed by atoms with Gasteiger partial charge < -0.3 is 5.32 Å². The zero-order valence-corrected chi connectivity index (χ0v) is 15.0. The standard InChI is InChI=1S/C17H21BrFNS/c1-4-10-20-16(15-14(18)9-11-21-15)17(2,3)12-5-7-13(19)8-6-12/h5-9,11,16,20H,4,10H2,1-3H3. The molecule has 0 bridgehead atoms. The van der Waals surface area contributed by atoms with E-state index in [2.05, 4.69) is 53.5 Å². The Balaban J connectivity index is 2.39. The Morgan fingerprint density at radius 3 is 2.43 bits per heavy atom. The van der Waals surface area contributed by atoms with E-state index >= 15 is 0 Å². The molecule has 0 radical (unpaired) electrons. The van der Waals surface area contributed by atoms with Crippen LogP contribution in [0.15, 0.2) is 40.2 Å². The summed E-state index contributed by atoms with van der Waals surface area (Å²) in [5, 5.41) is 5.75. The maximum Gasteiger partial charge on any atom is 0.123 e. The van der Waals surface area contributed by atoms with E-state index in [-0.39, 0.29) is 17.3 Å². The number of halogens is 2. The van der Waals surface area contributed by atoms with Crippen molar-refractivity contribution in [3.63, 3.8) is 0 Å². The zero-order valence-electron chi connectivity index (χ0n) is 12.6. The highest BCUT2D eigenvalue weighted by molar-refractivity contribution is 9.10. The molecule has 114 valence electrons. The number of rotatable bonds is 6. The van der Waals surface area contributed by atoms with Gasteiger partial charge in [-0.3, -0.25) is 0 Å². The maximum absolute atomic E-state index is 13.2. The van der Waals surface area contributed by atoms with Crippen LogP contribution in [0, 0.1) is 5.82 Å². The summed E-state index contributed by atoms with van der Waals surface area (Å²) in [6.45, 7) is 7.54. The van der Waals surface area contributed by atoms with Gasteiger partial charge in [-0.05, 0) is 58.0 Å². The fraction of sp³-hybridized carbons (Fsp3) is 0.412. The monoisotopic (exact) mass is 369 g/mol. The molecule has 0 amide bonds. The summed E-state index contributed by atoms with van der Waals surface area (Å²) < 4.78 is 14.3. The normalized spacial score (nSPS) is 13.4. The van der Waals surface area contributed by atoms with Gasteiger partial charge in [-0.15, -0.1) is 11.3 Å². The molecule has 2 rings (SSSR count). The van der Waals surface area contributed by atoms with Crippen LogP contribution in [0.25, 0.3) is 0 Å². The Labute approximate surface area is 138 Å². The fourth-order valence-corrected chi connectivity index (χ4v) is 4.38. The molecule has 0 aliphatic carbocycles. The van der Waals surface area contributed by atoms with Gasteiger partial charge in [-0.1, -0.05) is 32.9 Å². The first-order valence-electron chi connectivity index (χ1n) is 7.19. The first-order chi connectivity index (χ1) is 9.96. The van der Waals surface area contributed by atoms with Crippen molar-refractivity contribution in [2.75, 3.05) is 6.54 Å². The number of hydrogen-bond acceptors (Lipinski definition) is 2. The minimum Gasteiger partial charge on any atom is -0.309 e. The van der Waals surface area contributed by atoms with Crippen LogP contribution in [-0.4, -0.2) is 6.54 Å². The van der Waals surface area contributed by atoms with E-state index < -0.39 is 0 Å². The Hall–Kier alpha value is -0.710. The molecule has 1 nitrogen and oxygen atoms in total. The van der Waals surface area contributed by atoms with Crippen LogP contribution in [0.3, 0.4) is 0 Å². The molecular formula is C17H21BrFNS. The van der Waals surface area contributed by atoms with Crippen LogP contribution in [0.1, 0.15) is 43.7 Å². The fourth-order valence-electron chi connectivity index (χ4n) is 2.52. The summed E-state index contributed by atoms with van der Waals surface area (Å²) in [5.41, 5.74) is 1.01. The van der Waals surface area contributed by atoms with Crippen molar-refractivity contribution in [3.8, 4) is 0 Å². The largest absolute Gasteiger partial charge is 0.309 e. The van der Waals surface area contributed by atoms with Gasteiger partial charge in [0.05, 0.1) is 6.04 Å². The van der Waals surface area contributed by atoms with E-state index in [0.29, 0.717) is 0 Å². The predicted octanol–water partition coefficient (Wildman–Crippen LogP) is 5.67. The maximum atomic E-state index is 13.2. The smallest absolute Gasteiger partial charge is 0.123 e. The molecule has 1 aromatic heterocycles. The number of nitrogens with one attached hydrogen (secondary N) is 1. The number of thiophene rings is 1. The minimum absolute atomic E-state index is 0.129. The van der Waals surface area contributed by atoms with Crippen molar-refractivity contribution in [1.82, 2.24) is 5.32 Å². The van der Waals surface area contributed by atoms with Crippen LogP contribution in [-0.2, 0) is 5.41 Å². The van der Waals surface area contributed by atoms with Crippen molar-refractivity contribution in [3.05, 3.63) is 56.4 Å². The average molecular weight is 370 g/mol. The number of benzene rings is 1. The van der Waals surface area contributed by atoms with Crippen molar-refractivity contribution in [1.29, 1.82) is 0 Å². The van der Waals surface area contributed by atoms with Gasteiger partial charge in [-0.25, -0.2) is 4.39 Å². The molecule has 0 saturated heterocycles.